The molecule has 0 atom stereocenters. The van der Waals surface area contributed by atoms with Crippen LogP contribution < -0.4 is 4.74 Å². The maximum Gasteiger partial charge on any atom is 0.639 e. The van der Waals surface area contributed by atoms with Gasteiger partial charge in [0.2, 0.25) is 0 Å². The Hall–Kier alpha value is -1.85. The molecule has 1 aliphatic rings. The van der Waals surface area contributed by atoms with Crippen LogP contribution in [0, 0.1) is 12.0 Å². The monoisotopic (exact) mass is 415 g/mol. The third-order valence-electron chi connectivity index (χ3n) is 3.81. The minimum absolute atomic E-state index is 0.0109. The van der Waals surface area contributed by atoms with E-state index in [1.54, 1.807) is 24.3 Å². The maximum atomic E-state index is 6.98. The Morgan fingerprint density at radius 2 is 1.77 bits per heavy atom. The summed E-state index contributed by atoms with van der Waals surface area (Å²) in [5, 5.41) is 0. The topological polar surface area (TPSA) is 41.3 Å². The van der Waals surface area contributed by atoms with Crippen molar-refractivity contribution in [2.75, 3.05) is 13.2 Å². The van der Waals surface area contributed by atoms with Gasteiger partial charge in [0.25, 0.3) is 0 Å². The summed E-state index contributed by atoms with van der Waals surface area (Å²) >= 11 is 3.53. The van der Waals surface area contributed by atoms with Gasteiger partial charge in [-0.1, -0.05) is 41.9 Å². The second-order valence-corrected chi connectivity index (χ2v) is 7.70. The Morgan fingerprint density at radius 3 is 2.42 bits per heavy atom. The molecule has 1 fully saturated rings. The third kappa shape index (κ3) is 5.09. The molecule has 0 aliphatic carbocycles. The molecule has 0 unspecified atom stereocenters. The van der Waals surface area contributed by atoms with Crippen molar-refractivity contribution in [1.82, 2.24) is 0 Å². The minimum Gasteiger partial charge on any atom is -0.457 e. The van der Waals surface area contributed by atoms with Gasteiger partial charge in [-0.25, -0.2) is 4.85 Å². The smallest absolute Gasteiger partial charge is 0.457 e. The van der Waals surface area contributed by atoms with Crippen LogP contribution in [0.4, 0.5) is 5.69 Å². The molecular formula is C19H19BBrNO4. The van der Waals surface area contributed by atoms with E-state index in [9.17, 15) is 0 Å². The quantitative estimate of drug-likeness (QED) is 0.486. The molecule has 0 spiro atoms. The molecule has 5 nitrogen and oxygen atoms in total. The average Bonchev–Trinajstić information content (AvgIpc) is 2.64. The molecule has 0 amide bonds. The Morgan fingerprint density at radius 1 is 1.12 bits per heavy atom. The molecule has 134 valence electrons. The van der Waals surface area contributed by atoms with E-state index >= 15 is 0 Å². The van der Waals surface area contributed by atoms with Gasteiger partial charge in [0.1, 0.15) is 11.5 Å². The van der Waals surface area contributed by atoms with Gasteiger partial charge < -0.3 is 18.7 Å². The Balaban J connectivity index is 1.61. The van der Waals surface area contributed by atoms with E-state index in [0.29, 0.717) is 37.0 Å². The summed E-state index contributed by atoms with van der Waals surface area (Å²) < 4.78 is 23.7. The lowest BCUT2D eigenvalue weighted by Crippen LogP contribution is -2.42. The van der Waals surface area contributed by atoms with E-state index in [2.05, 4.69) is 34.6 Å². The molecule has 2 aromatic rings. The summed E-state index contributed by atoms with van der Waals surface area (Å²) in [6.07, 6.45) is 0. The highest BCUT2D eigenvalue weighted by molar-refractivity contribution is 9.10. The van der Waals surface area contributed by atoms with Crippen LogP contribution in [-0.4, -0.2) is 20.5 Å². The zero-order valence-electron chi connectivity index (χ0n) is 14.7. The summed E-state index contributed by atoms with van der Waals surface area (Å²) in [7, 11) is -0.652. The zero-order chi connectivity index (χ0) is 18.6. The largest absolute Gasteiger partial charge is 0.639 e. The highest BCUT2D eigenvalue weighted by Gasteiger charge is 2.34. The van der Waals surface area contributed by atoms with E-state index < -0.39 is 7.32 Å². The van der Waals surface area contributed by atoms with Crippen molar-refractivity contribution in [1.29, 1.82) is 0 Å². The number of rotatable bonds is 5. The van der Waals surface area contributed by atoms with Crippen LogP contribution in [0.25, 0.3) is 4.85 Å². The fourth-order valence-corrected chi connectivity index (χ4v) is 2.74. The van der Waals surface area contributed by atoms with Gasteiger partial charge in [0, 0.05) is 23.1 Å². The van der Waals surface area contributed by atoms with Crippen LogP contribution in [0.1, 0.15) is 19.4 Å². The van der Waals surface area contributed by atoms with Crippen LogP contribution in [0.3, 0.4) is 0 Å². The zero-order valence-corrected chi connectivity index (χ0v) is 16.3. The Bertz CT molecular complexity index is 794. The van der Waals surface area contributed by atoms with E-state index in [4.69, 9.17) is 25.3 Å². The summed E-state index contributed by atoms with van der Waals surface area (Å²) in [4.78, 5) is 3.37. The van der Waals surface area contributed by atoms with Gasteiger partial charge in [-0.3, -0.25) is 0 Å². The molecule has 0 radical (unpaired) electrons. The van der Waals surface area contributed by atoms with Crippen molar-refractivity contribution < 1.29 is 18.7 Å². The summed E-state index contributed by atoms with van der Waals surface area (Å²) in [6, 6.07) is 12.7. The van der Waals surface area contributed by atoms with Gasteiger partial charge in [0.15, 0.2) is 5.69 Å². The average molecular weight is 416 g/mol. The van der Waals surface area contributed by atoms with Gasteiger partial charge in [-0.15, -0.1) is 0 Å². The first-order chi connectivity index (χ1) is 12.4. The third-order valence-corrected chi connectivity index (χ3v) is 4.59. The highest BCUT2D eigenvalue weighted by Crippen LogP contribution is 2.29. The lowest BCUT2D eigenvalue weighted by atomic mass is 9.93. The van der Waals surface area contributed by atoms with Crippen molar-refractivity contribution in [3.05, 3.63) is 63.9 Å². The molecule has 1 heterocycles. The normalized spacial score (nSPS) is 16.2. The van der Waals surface area contributed by atoms with Gasteiger partial charge in [-0.05, 0) is 35.9 Å². The van der Waals surface area contributed by atoms with Crippen molar-refractivity contribution in [2.45, 2.75) is 20.5 Å². The fraction of sp³-hybridized carbons (Fsp3) is 0.316. The predicted octanol–water partition coefficient (Wildman–Crippen LogP) is 5.37. The second kappa shape index (κ2) is 8.23. The number of benzene rings is 2. The van der Waals surface area contributed by atoms with E-state index in [1.165, 1.54) is 0 Å². The predicted molar refractivity (Wildman–Crippen MR) is 103 cm³/mol. The van der Waals surface area contributed by atoms with E-state index in [1.807, 2.05) is 18.2 Å². The van der Waals surface area contributed by atoms with Gasteiger partial charge >= 0.3 is 7.32 Å². The molecule has 0 aromatic heterocycles. The van der Waals surface area contributed by atoms with Gasteiger partial charge in [0.05, 0.1) is 13.2 Å². The molecule has 7 heteroatoms. The number of ether oxygens (including phenoxy) is 1. The Kier molecular flexibility index (Phi) is 5.99. The summed E-state index contributed by atoms with van der Waals surface area (Å²) in [5.74, 6) is 1.36. The van der Waals surface area contributed by atoms with Gasteiger partial charge in [-0.2, -0.15) is 0 Å². The summed E-state index contributed by atoms with van der Waals surface area (Å²) in [5.41, 5.74) is 1.52. The first-order valence-electron chi connectivity index (χ1n) is 8.24. The van der Waals surface area contributed by atoms with Crippen molar-refractivity contribution in [2.24, 2.45) is 5.41 Å². The number of hydrogen-bond acceptors (Lipinski definition) is 4. The minimum atomic E-state index is -0.652. The summed E-state index contributed by atoms with van der Waals surface area (Å²) in [6.45, 7) is 12.7. The first-order valence-corrected chi connectivity index (χ1v) is 9.03. The second-order valence-electron chi connectivity index (χ2n) is 6.85. The lowest BCUT2D eigenvalue weighted by Gasteiger charge is -2.32. The standard InChI is InChI=1S/C19H19BBrNO4/c1-19(2)12-24-20(25-13-19)23-11-14-10-17(8-9-18(14)21)26-16-6-4-15(22-3)5-7-16/h4-10H,11-13H2,1-2H3. The van der Waals surface area contributed by atoms with Crippen molar-refractivity contribution in [3.8, 4) is 11.5 Å². The van der Waals surface area contributed by atoms with Crippen LogP contribution in [0.15, 0.2) is 46.9 Å². The number of halogens is 1. The molecule has 2 aromatic carbocycles. The highest BCUT2D eigenvalue weighted by atomic mass is 79.9. The van der Waals surface area contributed by atoms with Crippen molar-refractivity contribution >= 4 is 28.9 Å². The van der Waals surface area contributed by atoms with Crippen molar-refractivity contribution in [3.63, 3.8) is 0 Å². The van der Waals surface area contributed by atoms with Crippen LogP contribution >= 0.6 is 15.9 Å². The molecule has 0 N–H and O–H groups in total. The first kappa shape index (κ1) is 18.9. The molecule has 0 saturated carbocycles. The fourth-order valence-electron chi connectivity index (χ4n) is 2.38. The molecule has 3 rings (SSSR count). The molecule has 1 saturated heterocycles. The van der Waals surface area contributed by atoms with Crippen LogP contribution in [-0.2, 0) is 20.6 Å². The van der Waals surface area contributed by atoms with E-state index in [-0.39, 0.29) is 5.41 Å². The lowest BCUT2D eigenvalue weighted by molar-refractivity contribution is -0.0214. The number of nitrogens with zero attached hydrogens (tertiary/aromatic N) is 1. The number of hydrogen-bond donors (Lipinski definition) is 0. The molecule has 1 aliphatic heterocycles. The molecule has 0 bridgehead atoms. The molecular weight excluding hydrogens is 397 g/mol. The van der Waals surface area contributed by atoms with E-state index in [0.717, 1.165) is 10.0 Å². The Labute approximate surface area is 162 Å². The molecule has 26 heavy (non-hydrogen) atoms. The van der Waals surface area contributed by atoms with Crippen LogP contribution in [0.5, 0.6) is 11.5 Å². The maximum absolute atomic E-state index is 6.98. The SMILES string of the molecule is [C-]#[N+]c1ccc(Oc2ccc(Br)c(COB3OCC(C)(C)CO3)c2)cc1. The van der Waals surface area contributed by atoms with Crippen LogP contribution in [0.2, 0.25) is 0 Å².